The van der Waals surface area contributed by atoms with Crippen LogP contribution in [-0.4, -0.2) is 54.9 Å². The number of benzene rings is 1. The number of hydrogen-bond acceptors (Lipinski definition) is 4. The molecule has 1 spiro atoms. The van der Waals surface area contributed by atoms with Gasteiger partial charge in [0.05, 0.1) is 21.7 Å². The Morgan fingerprint density at radius 1 is 1.25 bits per heavy atom. The second-order valence-electron chi connectivity index (χ2n) is 7.84. The van der Waals surface area contributed by atoms with Gasteiger partial charge in [0.15, 0.2) is 0 Å². The van der Waals surface area contributed by atoms with E-state index in [0.29, 0.717) is 32.5 Å². The molecule has 1 aromatic carbocycles. The van der Waals surface area contributed by atoms with Crippen molar-refractivity contribution < 1.29 is 13.2 Å². The van der Waals surface area contributed by atoms with Crippen LogP contribution in [-0.2, 0) is 14.8 Å². The van der Waals surface area contributed by atoms with Crippen molar-refractivity contribution in [1.29, 1.82) is 0 Å². The molecule has 9 heteroatoms. The lowest BCUT2D eigenvalue weighted by atomic mass is 9.97. The molecule has 3 rings (SSSR count). The number of rotatable bonds is 5. The minimum Gasteiger partial charge on any atom is -0.323 e. The van der Waals surface area contributed by atoms with Crippen LogP contribution in [0.4, 0.5) is 0 Å². The number of halogens is 2. The average Bonchev–Trinajstić information content (AvgIpc) is 2.91. The van der Waals surface area contributed by atoms with E-state index in [2.05, 4.69) is 5.32 Å². The summed E-state index contributed by atoms with van der Waals surface area (Å²) in [6.07, 6.45) is 1.94. The van der Waals surface area contributed by atoms with Crippen LogP contribution in [0.5, 0.6) is 0 Å². The minimum absolute atomic E-state index is 0.0264. The molecule has 156 valence electrons. The van der Waals surface area contributed by atoms with Crippen molar-refractivity contribution in [2.24, 2.45) is 5.92 Å². The monoisotopic (exact) mass is 447 g/mol. The maximum Gasteiger partial charge on any atom is 0.244 e. The molecule has 2 fully saturated rings. The lowest BCUT2D eigenvalue weighted by molar-refractivity contribution is -0.133. The zero-order chi connectivity index (χ0) is 20.7. The normalized spacial score (nSPS) is 23.1. The van der Waals surface area contributed by atoms with Gasteiger partial charge in [-0.1, -0.05) is 50.0 Å². The number of piperidine rings is 1. The Morgan fingerprint density at radius 2 is 1.89 bits per heavy atom. The number of sulfonamides is 1. The maximum atomic E-state index is 13.1. The topological polar surface area (TPSA) is 69.7 Å². The van der Waals surface area contributed by atoms with E-state index in [-0.39, 0.29) is 32.8 Å². The fourth-order valence-corrected chi connectivity index (χ4v) is 6.32. The first kappa shape index (κ1) is 21.8. The van der Waals surface area contributed by atoms with Gasteiger partial charge in [-0.3, -0.25) is 10.1 Å². The first-order valence-electron chi connectivity index (χ1n) is 9.67. The van der Waals surface area contributed by atoms with Crippen molar-refractivity contribution in [3.8, 4) is 0 Å². The van der Waals surface area contributed by atoms with Gasteiger partial charge in [-0.2, -0.15) is 4.31 Å². The SMILES string of the molecule is CCCN1C(=O)C(C(C)C)NC12CCN(S(=O)(=O)c1cccc(Cl)c1Cl)CC2. The first-order valence-corrected chi connectivity index (χ1v) is 11.9. The highest BCUT2D eigenvalue weighted by Gasteiger charge is 2.52. The molecule has 0 aromatic heterocycles. The maximum absolute atomic E-state index is 13.1. The van der Waals surface area contributed by atoms with Gasteiger partial charge in [0.1, 0.15) is 4.90 Å². The van der Waals surface area contributed by atoms with Gasteiger partial charge >= 0.3 is 0 Å². The van der Waals surface area contributed by atoms with E-state index in [1.807, 2.05) is 25.7 Å². The van der Waals surface area contributed by atoms with Crippen molar-refractivity contribution in [1.82, 2.24) is 14.5 Å². The van der Waals surface area contributed by atoms with Gasteiger partial charge in [0.25, 0.3) is 0 Å². The molecule has 0 aliphatic carbocycles. The molecule has 1 unspecified atom stereocenters. The second-order valence-corrected chi connectivity index (χ2v) is 10.5. The fourth-order valence-electron chi connectivity index (χ4n) is 4.14. The zero-order valence-electron chi connectivity index (χ0n) is 16.4. The van der Waals surface area contributed by atoms with E-state index < -0.39 is 15.7 Å². The Morgan fingerprint density at radius 3 is 2.46 bits per heavy atom. The smallest absolute Gasteiger partial charge is 0.244 e. The molecule has 1 N–H and O–H groups in total. The molecule has 0 saturated carbocycles. The highest BCUT2D eigenvalue weighted by atomic mass is 35.5. The third-order valence-corrected chi connectivity index (χ3v) is 8.54. The molecule has 28 heavy (non-hydrogen) atoms. The van der Waals surface area contributed by atoms with Crippen molar-refractivity contribution >= 4 is 39.1 Å². The Labute approximate surface area is 177 Å². The minimum atomic E-state index is -3.75. The molecular formula is C19H27Cl2N3O3S. The first-order chi connectivity index (χ1) is 13.1. The second kappa shape index (κ2) is 8.11. The summed E-state index contributed by atoms with van der Waals surface area (Å²) in [7, 11) is -3.75. The molecule has 2 heterocycles. The molecule has 0 radical (unpaired) electrons. The molecule has 1 atom stereocenters. The summed E-state index contributed by atoms with van der Waals surface area (Å²) in [6.45, 7) is 7.40. The number of nitrogens with zero attached hydrogens (tertiary/aromatic N) is 2. The third-order valence-electron chi connectivity index (χ3n) is 5.67. The highest BCUT2D eigenvalue weighted by Crippen LogP contribution is 2.37. The van der Waals surface area contributed by atoms with Gasteiger partial charge in [0.2, 0.25) is 15.9 Å². The van der Waals surface area contributed by atoms with Crippen molar-refractivity contribution in [2.45, 2.75) is 56.6 Å². The average molecular weight is 448 g/mol. The number of carbonyl (C=O) groups is 1. The number of nitrogens with one attached hydrogen (secondary N) is 1. The van der Waals surface area contributed by atoms with Crippen LogP contribution in [0.3, 0.4) is 0 Å². The van der Waals surface area contributed by atoms with Crippen molar-refractivity contribution in [3.05, 3.63) is 28.2 Å². The summed E-state index contributed by atoms with van der Waals surface area (Å²) >= 11 is 12.2. The van der Waals surface area contributed by atoms with Crippen LogP contribution in [0.2, 0.25) is 10.0 Å². The van der Waals surface area contributed by atoms with E-state index in [1.54, 1.807) is 12.1 Å². The van der Waals surface area contributed by atoms with Gasteiger partial charge in [-0.15, -0.1) is 0 Å². The summed E-state index contributed by atoms with van der Waals surface area (Å²) in [6, 6.07) is 4.40. The largest absolute Gasteiger partial charge is 0.323 e. The fraction of sp³-hybridized carbons (Fsp3) is 0.632. The van der Waals surface area contributed by atoms with Gasteiger partial charge in [-0.25, -0.2) is 8.42 Å². The molecule has 2 saturated heterocycles. The Balaban J connectivity index is 1.83. The highest BCUT2D eigenvalue weighted by molar-refractivity contribution is 7.89. The molecule has 6 nitrogen and oxygen atoms in total. The Bertz CT molecular complexity index is 852. The molecule has 1 aromatic rings. The predicted molar refractivity (Wildman–Crippen MR) is 111 cm³/mol. The van der Waals surface area contributed by atoms with E-state index in [0.717, 1.165) is 6.42 Å². The summed E-state index contributed by atoms with van der Waals surface area (Å²) in [5, 5.41) is 3.79. The Hall–Kier alpha value is -0.860. The lowest BCUT2D eigenvalue weighted by Gasteiger charge is -2.44. The lowest BCUT2D eigenvalue weighted by Crippen LogP contribution is -2.59. The zero-order valence-corrected chi connectivity index (χ0v) is 18.7. The molecule has 1 amide bonds. The van der Waals surface area contributed by atoms with Crippen LogP contribution in [0.25, 0.3) is 0 Å². The predicted octanol–water partition coefficient (Wildman–Crippen LogP) is 3.34. The summed E-state index contributed by atoms with van der Waals surface area (Å²) in [5.74, 6) is 0.296. The van der Waals surface area contributed by atoms with Gasteiger partial charge in [-0.05, 0) is 37.3 Å². The van der Waals surface area contributed by atoms with Crippen LogP contribution in [0.15, 0.2) is 23.1 Å². The summed E-state index contributed by atoms with van der Waals surface area (Å²) in [5.41, 5.74) is -0.480. The van der Waals surface area contributed by atoms with Crippen LogP contribution in [0.1, 0.15) is 40.0 Å². The van der Waals surface area contributed by atoms with E-state index >= 15 is 0 Å². The standard InChI is InChI=1S/C19H27Cl2N3O3S/c1-4-10-24-18(25)17(13(2)3)22-19(24)8-11-23(12-9-19)28(26,27)15-7-5-6-14(20)16(15)21/h5-7,13,17,22H,4,8-12H2,1-3H3. The van der Waals surface area contributed by atoms with Gasteiger partial charge < -0.3 is 4.90 Å². The number of carbonyl (C=O) groups excluding carboxylic acids is 1. The van der Waals surface area contributed by atoms with E-state index in [1.165, 1.54) is 10.4 Å². The van der Waals surface area contributed by atoms with Crippen LogP contribution in [0, 0.1) is 5.92 Å². The molecular weight excluding hydrogens is 421 g/mol. The van der Waals surface area contributed by atoms with Crippen LogP contribution >= 0.6 is 23.2 Å². The quantitative estimate of drug-likeness (QED) is 0.750. The van der Waals surface area contributed by atoms with Crippen molar-refractivity contribution in [3.63, 3.8) is 0 Å². The van der Waals surface area contributed by atoms with Crippen LogP contribution < -0.4 is 5.32 Å². The van der Waals surface area contributed by atoms with E-state index in [9.17, 15) is 13.2 Å². The Kier molecular flexibility index (Phi) is 6.32. The summed E-state index contributed by atoms with van der Waals surface area (Å²) in [4.78, 5) is 14.8. The number of amides is 1. The molecule has 0 bridgehead atoms. The van der Waals surface area contributed by atoms with Crippen molar-refractivity contribution in [2.75, 3.05) is 19.6 Å². The summed E-state index contributed by atoms with van der Waals surface area (Å²) < 4.78 is 27.6. The van der Waals surface area contributed by atoms with Gasteiger partial charge in [0, 0.05) is 19.6 Å². The van der Waals surface area contributed by atoms with E-state index in [4.69, 9.17) is 23.2 Å². The number of hydrogen-bond donors (Lipinski definition) is 1. The third kappa shape index (κ3) is 3.67. The molecule has 2 aliphatic rings. The molecule has 2 aliphatic heterocycles.